The lowest BCUT2D eigenvalue weighted by Crippen LogP contribution is -2.24. The fraction of sp³-hybridized carbons (Fsp3) is 0.538. The number of hydrogen-bond acceptors (Lipinski definition) is 4. The van der Waals surface area contributed by atoms with Gasteiger partial charge in [0.15, 0.2) is 0 Å². The van der Waals surface area contributed by atoms with Gasteiger partial charge in [0, 0.05) is 19.2 Å². The van der Waals surface area contributed by atoms with E-state index < -0.39 is 10.7 Å². The first-order chi connectivity index (χ1) is 9.04. The molecule has 1 fully saturated rings. The van der Waals surface area contributed by atoms with Crippen LogP contribution >= 0.6 is 0 Å². The highest BCUT2D eigenvalue weighted by atomic mass is 19.1. The predicted molar refractivity (Wildman–Crippen MR) is 70.4 cm³/mol. The molecule has 0 bridgehead atoms. The van der Waals surface area contributed by atoms with Gasteiger partial charge in [-0.15, -0.1) is 0 Å². The summed E-state index contributed by atoms with van der Waals surface area (Å²) in [6, 6.07) is 3.69. The number of nitrogens with one attached hydrogen (secondary N) is 1. The van der Waals surface area contributed by atoms with Gasteiger partial charge in [-0.2, -0.15) is 0 Å². The standard InChI is InChI=1S/C13H18FN3O2/c1-16-3-2-10(9-16)7-15-8-11-4-12(14)6-13(5-11)17(18)19/h4-6,10,15H,2-3,7-9H2,1H3. The third-order valence-electron chi connectivity index (χ3n) is 3.40. The Balaban J connectivity index is 1.87. The Morgan fingerprint density at radius 3 is 2.95 bits per heavy atom. The third-order valence-corrected chi connectivity index (χ3v) is 3.40. The smallest absolute Gasteiger partial charge is 0.272 e. The molecule has 19 heavy (non-hydrogen) atoms. The summed E-state index contributed by atoms with van der Waals surface area (Å²) in [4.78, 5) is 12.3. The topological polar surface area (TPSA) is 58.4 Å². The zero-order chi connectivity index (χ0) is 13.8. The van der Waals surface area contributed by atoms with E-state index in [0.717, 1.165) is 32.1 Å². The normalized spacial score (nSPS) is 19.8. The van der Waals surface area contributed by atoms with E-state index in [-0.39, 0.29) is 5.69 Å². The van der Waals surface area contributed by atoms with Crippen molar-refractivity contribution in [2.75, 3.05) is 26.7 Å². The lowest BCUT2D eigenvalue weighted by molar-refractivity contribution is -0.385. The molecule has 0 spiro atoms. The van der Waals surface area contributed by atoms with Crippen molar-refractivity contribution in [1.29, 1.82) is 0 Å². The van der Waals surface area contributed by atoms with Crippen LogP contribution in [0.4, 0.5) is 10.1 Å². The molecule has 0 aliphatic carbocycles. The Bertz CT molecular complexity index is 467. The van der Waals surface area contributed by atoms with Crippen LogP contribution in [0.3, 0.4) is 0 Å². The fourth-order valence-corrected chi connectivity index (χ4v) is 2.45. The minimum Gasteiger partial charge on any atom is -0.312 e. The van der Waals surface area contributed by atoms with Gasteiger partial charge in [0.25, 0.3) is 5.69 Å². The van der Waals surface area contributed by atoms with Crippen LogP contribution in [-0.4, -0.2) is 36.5 Å². The van der Waals surface area contributed by atoms with E-state index in [2.05, 4.69) is 17.3 Å². The minimum atomic E-state index is -0.571. The van der Waals surface area contributed by atoms with E-state index in [1.165, 1.54) is 12.1 Å². The number of non-ortho nitro benzene ring substituents is 1. The molecule has 1 N–H and O–H groups in total. The molecule has 1 saturated heterocycles. The van der Waals surface area contributed by atoms with Gasteiger partial charge in [-0.25, -0.2) is 4.39 Å². The molecule has 0 radical (unpaired) electrons. The maximum Gasteiger partial charge on any atom is 0.272 e. The summed E-state index contributed by atoms with van der Waals surface area (Å²) in [5.74, 6) is 0.0418. The average Bonchev–Trinajstić information content (AvgIpc) is 2.74. The highest BCUT2D eigenvalue weighted by Gasteiger charge is 2.18. The predicted octanol–water partition coefficient (Wildman–Crippen LogP) is 1.78. The SMILES string of the molecule is CN1CCC(CNCc2cc(F)cc([N+](=O)[O-])c2)C1. The third kappa shape index (κ3) is 3.97. The molecule has 0 amide bonds. The first kappa shape index (κ1) is 13.9. The van der Waals surface area contributed by atoms with Crippen LogP contribution in [0.25, 0.3) is 0 Å². The van der Waals surface area contributed by atoms with Crippen LogP contribution in [0.2, 0.25) is 0 Å². The minimum absolute atomic E-state index is 0.197. The molecule has 1 aromatic carbocycles. The van der Waals surface area contributed by atoms with Gasteiger partial charge in [-0.3, -0.25) is 10.1 Å². The highest BCUT2D eigenvalue weighted by molar-refractivity contribution is 5.35. The van der Waals surface area contributed by atoms with E-state index in [1.54, 1.807) is 0 Å². The summed E-state index contributed by atoms with van der Waals surface area (Å²) in [6.07, 6.45) is 1.16. The van der Waals surface area contributed by atoms with Gasteiger partial charge >= 0.3 is 0 Å². The van der Waals surface area contributed by atoms with Gasteiger partial charge in [0.1, 0.15) is 5.82 Å². The summed E-state index contributed by atoms with van der Waals surface area (Å²) in [6.45, 7) is 3.49. The monoisotopic (exact) mass is 267 g/mol. The number of halogens is 1. The Morgan fingerprint density at radius 1 is 1.53 bits per heavy atom. The van der Waals surface area contributed by atoms with Crippen molar-refractivity contribution < 1.29 is 9.31 Å². The summed E-state index contributed by atoms with van der Waals surface area (Å²) < 4.78 is 13.2. The zero-order valence-corrected chi connectivity index (χ0v) is 10.9. The molecule has 1 atom stereocenters. The number of benzene rings is 1. The highest BCUT2D eigenvalue weighted by Crippen LogP contribution is 2.17. The second-order valence-electron chi connectivity index (χ2n) is 5.12. The first-order valence-corrected chi connectivity index (χ1v) is 6.37. The maximum atomic E-state index is 13.2. The lowest BCUT2D eigenvalue weighted by Gasteiger charge is -2.11. The first-order valence-electron chi connectivity index (χ1n) is 6.37. The van der Waals surface area contributed by atoms with E-state index >= 15 is 0 Å². The van der Waals surface area contributed by atoms with Crippen LogP contribution in [0.5, 0.6) is 0 Å². The Hall–Kier alpha value is -1.53. The van der Waals surface area contributed by atoms with Crippen LogP contribution < -0.4 is 5.32 Å². The Labute approximate surface area is 111 Å². The number of nitrogens with zero attached hydrogens (tertiary/aromatic N) is 2. The quantitative estimate of drug-likeness (QED) is 0.652. The molecular weight excluding hydrogens is 249 g/mol. The summed E-state index contributed by atoms with van der Waals surface area (Å²) in [5.41, 5.74) is 0.412. The molecule has 1 aliphatic heterocycles. The molecule has 1 aromatic rings. The van der Waals surface area contributed by atoms with Gasteiger partial charge in [-0.05, 0) is 44.1 Å². The summed E-state index contributed by atoms with van der Waals surface area (Å²) >= 11 is 0. The van der Waals surface area contributed by atoms with Crippen LogP contribution in [0, 0.1) is 21.8 Å². The molecule has 5 nitrogen and oxygen atoms in total. The zero-order valence-electron chi connectivity index (χ0n) is 10.9. The molecule has 1 unspecified atom stereocenters. The molecule has 6 heteroatoms. The molecule has 1 aliphatic rings. The average molecular weight is 267 g/mol. The molecule has 104 valence electrons. The summed E-state index contributed by atoms with van der Waals surface area (Å²) in [7, 11) is 2.09. The van der Waals surface area contributed by atoms with E-state index in [1.807, 2.05) is 0 Å². The van der Waals surface area contributed by atoms with Crippen molar-refractivity contribution in [3.05, 3.63) is 39.7 Å². The van der Waals surface area contributed by atoms with Crippen LogP contribution in [-0.2, 0) is 6.54 Å². The number of likely N-dealkylation sites (tertiary alicyclic amines) is 1. The fourth-order valence-electron chi connectivity index (χ4n) is 2.45. The van der Waals surface area contributed by atoms with Crippen molar-refractivity contribution in [3.63, 3.8) is 0 Å². The molecule has 1 heterocycles. The van der Waals surface area contributed by atoms with Gasteiger partial charge in [0.2, 0.25) is 0 Å². The van der Waals surface area contributed by atoms with Crippen LogP contribution in [0.15, 0.2) is 18.2 Å². The van der Waals surface area contributed by atoms with Crippen molar-refractivity contribution >= 4 is 5.69 Å². The number of nitro benzene ring substituents is 1. The number of hydrogen-bond donors (Lipinski definition) is 1. The van der Waals surface area contributed by atoms with Crippen molar-refractivity contribution in [2.45, 2.75) is 13.0 Å². The largest absolute Gasteiger partial charge is 0.312 e. The van der Waals surface area contributed by atoms with E-state index in [0.29, 0.717) is 18.0 Å². The second kappa shape index (κ2) is 6.08. The van der Waals surface area contributed by atoms with E-state index in [9.17, 15) is 14.5 Å². The Kier molecular flexibility index (Phi) is 4.44. The van der Waals surface area contributed by atoms with Gasteiger partial charge in [-0.1, -0.05) is 0 Å². The Morgan fingerprint density at radius 2 is 2.32 bits per heavy atom. The maximum absolute atomic E-state index is 13.2. The van der Waals surface area contributed by atoms with Crippen LogP contribution in [0.1, 0.15) is 12.0 Å². The second-order valence-corrected chi connectivity index (χ2v) is 5.12. The molecular formula is C13H18FN3O2. The molecule has 2 rings (SSSR count). The van der Waals surface area contributed by atoms with Crippen molar-refractivity contribution in [3.8, 4) is 0 Å². The van der Waals surface area contributed by atoms with Gasteiger partial charge < -0.3 is 10.2 Å². The van der Waals surface area contributed by atoms with Gasteiger partial charge in [0.05, 0.1) is 11.0 Å². The number of nitro groups is 1. The van der Waals surface area contributed by atoms with Crippen molar-refractivity contribution in [2.24, 2.45) is 5.92 Å². The molecule has 0 saturated carbocycles. The lowest BCUT2D eigenvalue weighted by atomic mass is 10.1. The number of rotatable bonds is 5. The van der Waals surface area contributed by atoms with E-state index in [4.69, 9.17) is 0 Å². The van der Waals surface area contributed by atoms with Crippen molar-refractivity contribution in [1.82, 2.24) is 10.2 Å². The molecule has 0 aromatic heterocycles. The summed E-state index contributed by atoms with van der Waals surface area (Å²) in [5, 5.41) is 13.9.